The lowest BCUT2D eigenvalue weighted by molar-refractivity contribution is 0.233. The predicted octanol–water partition coefficient (Wildman–Crippen LogP) is 4.32. The Hall–Kier alpha value is -2.17. The number of rotatable bonds is 4. The van der Waals surface area contributed by atoms with Gasteiger partial charge in [-0.3, -0.25) is 9.89 Å². The van der Waals surface area contributed by atoms with Crippen molar-refractivity contribution >= 4 is 27.6 Å². The lowest BCUT2D eigenvalue weighted by Crippen LogP contribution is -2.36. The first-order valence-electron chi connectivity index (χ1n) is 9.32. The number of piperidine rings is 1. The molecule has 1 saturated heterocycles. The van der Waals surface area contributed by atoms with Crippen molar-refractivity contribution in [1.82, 2.24) is 9.47 Å². The highest BCUT2D eigenvalue weighted by Gasteiger charge is 2.17. The van der Waals surface area contributed by atoms with Crippen LogP contribution in [-0.4, -0.2) is 35.1 Å². The van der Waals surface area contributed by atoms with Gasteiger partial charge < -0.3 is 4.57 Å². The van der Waals surface area contributed by atoms with E-state index in [2.05, 4.69) is 83.3 Å². The summed E-state index contributed by atoms with van der Waals surface area (Å²) in [6.07, 6.45) is 6.79. The molecule has 0 unspecified atom stereocenters. The smallest absolute Gasteiger partial charge is 0.185 e. The minimum absolute atomic E-state index is 0.448. The molecule has 0 N–H and O–H groups in total. The van der Waals surface area contributed by atoms with Gasteiger partial charge in [-0.15, -0.1) is 0 Å². The number of nitrogens with zero attached hydrogens (tertiary/aromatic N) is 3. The molecule has 4 heteroatoms. The quantitative estimate of drug-likeness (QED) is 0.676. The Morgan fingerprint density at radius 3 is 2.54 bits per heavy atom. The fraction of sp³-hybridized carbons (Fsp3) is 0.318. The minimum atomic E-state index is 0.448. The average Bonchev–Trinajstić information content (AvgIpc) is 3.00. The third kappa shape index (κ3) is 3.97. The number of benzene rings is 2. The molecule has 0 amide bonds. The highest BCUT2D eigenvalue weighted by molar-refractivity contribution is 7.16. The van der Waals surface area contributed by atoms with Crippen molar-refractivity contribution in [3.8, 4) is 0 Å². The molecule has 2 aromatic carbocycles. The van der Waals surface area contributed by atoms with Crippen LogP contribution in [0.25, 0.3) is 16.3 Å². The van der Waals surface area contributed by atoms with Crippen LogP contribution in [0.1, 0.15) is 18.4 Å². The Morgan fingerprint density at radius 1 is 1.04 bits per heavy atom. The molecular formula is C22H25N3S. The second-order valence-corrected chi connectivity index (χ2v) is 7.89. The van der Waals surface area contributed by atoms with E-state index >= 15 is 0 Å². The van der Waals surface area contributed by atoms with E-state index in [4.69, 9.17) is 4.99 Å². The molecule has 1 aromatic heterocycles. The summed E-state index contributed by atoms with van der Waals surface area (Å²) in [5.41, 5.74) is 2.55. The summed E-state index contributed by atoms with van der Waals surface area (Å²) in [5.74, 6) is 0. The molecule has 0 atom stereocenters. The summed E-state index contributed by atoms with van der Waals surface area (Å²) >= 11 is 1.80. The van der Waals surface area contributed by atoms with E-state index in [0.717, 1.165) is 37.3 Å². The van der Waals surface area contributed by atoms with Crippen LogP contribution >= 0.6 is 11.3 Å². The van der Waals surface area contributed by atoms with Crippen LogP contribution in [0, 0.1) is 0 Å². The highest BCUT2D eigenvalue weighted by Crippen LogP contribution is 2.17. The van der Waals surface area contributed by atoms with Gasteiger partial charge in [-0.25, -0.2) is 0 Å². The molecule has 0 spiro atoms. The van der Waals surface area contributed by atoms with Crippen molar-refractivity contribution in [2.75, 3.05) is 19.6 Å². The third-order valence-corrected chi connectivity index (χ3v) is 6.17. The summed E-state index contributed by atoms with van der Waals surface area (Å²) in [6, 6.07) is 19.5. The van der Waals surface area contributed by atoms with Crippen molar-refractivity contribution < 1.29 is 0 Å². The Kier molecular flexibility index (Phi) is 5.32. The van der Waals surface area contributed by atoms with E-state index < -0.39 is 0 Å². The molecule has 4 rings (SSSR count). The maximum absolute atomic E-state index is 5.05. The largest absolute Gasteiger partial charge is 0.320 e. The molecule has 134 valence electrons. The zero-order valence-electron chi connectivity index (χ0n) is 15.2. The van der Waals surface area contributed by atoms with Gasteiger partial charge in [0.2, 0.25) is 0 Å². The first kappa shape index (κ1) is 17.3. The Bertz CT molecular complexity index is 944. The molecule has 0 radical (unpaired) electrons. The molecule has 3 aromatic rings. The molecular weight excluding hydrogens is 338 g/mol. The number of hydrogen-bond donors (Lipinski definition) is 0. The first-order chi connectivity index (χ1) is 12.8. The molecule has 3 nitrogen and oxygen atoms in total. The predicted molar refractivity (Wildman–Crippen MR) is 111 cm³/mol. The Morgan fingerprint density at radius 2 is 1.77 bits per heavy atom. The van der Waals surface area contributed by atoms with E-state index in [1.807, 2.05) is 0 Å². The van der Waals surface area contributed by atoms with Crippen LogP contribution in [-0.2, 0) is 7.05 Å². The van der Waals surface area contributed by atoms with Gasteiger partial charge in [0, 0.05) is 26.7 Å². The minimum Gasteiger partial charge on any atom is -0.320 e. The lowest BCUT2D eigenvalue weighted by atomic mass is 10.1. The van der Waals surface area contributed by atoms with Crippen LogP contribution in [0.2, 0.25) is 0 Å². The van der Waals surface area contributed by atoms with Gasteiger partial charge in [0.05, 0.1) is 16.3 Å². The van der Waals surface area contributed by atoms with Crippen molar-refractivity contribution in [2.24, 2.45) is 12.0 Å². The second kappa shape index (κ2) is 8.02. The second-order valence-electron chi connectivity index (χ2n) is 6.89. The monoisotopic (exact) mass is 363 g/mol. The van der Waals surface area contributed by atoms with Gasteiger partial charge in [-0.1, -0.05) is 66.0 Å². The zero-order chi connectivity index (χ0) is 17.8. The van der Waals surface area contributed by atoms with E-state index in [9.17, 15) is 0 Å². The summed E-state index contributed by atoms with van der Waals surface area (Å²) in [7, 11) is 2.13. The maximum Gasteiger partial charge on any atom is 0.185 e. The van der Waals surface area contributed by atoms with E-state index in [1.54, 1.807) is 11.3 Å². The van der Waals surface area contributed by atoms with E-state index in [1.165, 1.54) is 15.8 Å². The van der Waals surface area contributed by atoms with Gasteiger partial charge in [-0.05, 0) is 30.5 Å². The topological polar surface area (TPSA) is 20.5 Å². The van der Waals surface area contributed by atoms with Gasteiger partial charge in [0.1, 0.15) is 0 Å². The number of aromatic nitrogens is 1. The normalized spacial score (nSPS) is 17.5. The first-order valence-corrected chi connectivity index (χ1v) is 10.1. The van der Waals surface area contributed by atoms with Crippen LogP contribution in [0.3, 0.4) is 0 Å². The number of fused-ring (bicyclic) bond motifs is 1. The van der Waals surface area contributed by atoms with Crippen LogP contribution < -0.4 is 4.80 Å². The fourth-order valence-electron chi connectivity index (χ4n) is 3.49. The van der Waals surface area contributed by atoms with Gasteiger partial charge in [0.25, 0.3) is 0 Å². The number of likely N-dealkylation sites (tertiary alicyclic amines) is 1. The van der Waals surface area contributed by atoms with Crippen molar-refractivity contribution in [2.45, 2.75) is 18.9 Å². The summed E-state index contributed by atoms with van der Waals surface area (Å²) in [5, 5.41) is 0. The molecule has 1 aliphatic rings. The highest BCUT2D eigenvalue weighted by atomic mass is 32.1. The number of thiazole rings is 1. The molecule has 0 aliphatic carbocycles. The molecule has 26 heavy (non-hydrogen) atoms. The average molecular weight is 364 g/mol. The summed E-state index contributed by atoms with van der Waals surface area (Å²) in [6.45, 7) is 3.28. The van der Waals surface area contributed by atoms with Gasteiger partial charge >= 0.3 is 0 Å². The van der Waals surface area contributed by atoms with Crippen LogP contribution in [0.5, 0.6) is 0 Å². The van der Waals surface area contributed by atoms with Gasteiger partial charge in [0.15, 0.2) is 4.80 Å². The molecule has 1 aliphatic heterocycles. The fourth-order valence-corrected chi connectivity index (χ4v) is 4.58. The summed E-state index contributed by atoms with van der Waals surface area (Å²) < 4.78 is 3.55. The van der Waals surface area contributed by atoms with Gasteiger partial charge in [-0.2, -0.15) is 0 Å². The number of hydrogen-bond acceptors (Lipinski definition) is 3. The van der Waals surface area contributed by atoms with Crippen molar-refractivity contribution in [3.63, 3.8) is 0 Å². The number of aryl methyl sites for hydroxylation is 1. The zero-order valence-corrected chi connectivity index (χ0v) is 16.0. The number of para-hydroxylation sites is 1. The molecule has 2 heterocycles. The van der Waals surface area contributed by atoms with Crippen LogP contribution in [0.4, 0.5) is 0 Å². The maximum atomic E-state index is 5.05. The Labute approximate surface area is 158 Å². The van der Waals surface area contributed by atoms with E-state index in [-0.39, 0.29) is 0 Å². The summed E-state index contributed by atoms with van der Waals surface area (Å²) in [4.78, 5) is 8.72. The third-order valence-electron chi connectivity index (χ3n) is 5.04. The Balaban J connectivity index is 1.36. The van der Waals surface area contributed by atoms with Crippen LogP contribution in [0.15, 0.2) is 65.7 Å². The van der Waals surface area contributed by atoms with Crippen molar-refractivity contribution in [1.29, 1.82) is 0 Å². The molecule has 0 saturated carbocycles. The van der Waals surface area contributed by atoms with Crippen molar-refractivity contribution in [3.05, 3.63) is 71.0 Å². The van der Waals surface area contributed by atoms with E-state index in [0.29, 0.717) is 6.04 Å². The molecule has 0 bridgehead atoms. The SMILES string of the molecule is Cn1/c(=N\C2CCN(C/C=C/c3ccccc3)CC2)sc2ccccc21. The standard InChI is InChI=1S/C22H25N3S/c1-24-20-11-5-6-12-21(20)26-22(24)23-19-13-16-25(17-14-19)15-7-10-18-8-3-2-4-9-18/h2-12,19H,13-17H2,1H3/b10-7+,23-22+. The molecule has 1 fully saturated rings. The lowest BCUT2D eigenvalue weighted by Gasteiger charge is -2.29.